The van der Waals surface area contributed by atoms with Crippen molar-refractivity contribution >= 4 is 24.2 Å². The molecule has 2 aliphatic rings. The predicted molar refractivity (Wildman–Crippen MR) is 115 cm³/mol. The molecule has 1 aromatic rings. The lowest BCUT2D eigenvalue weighted by atomic mass is 9.90. The monoisotopic (exact) mass is 407 g/mol. The Bertz CT molecular complexity index is 632. The molecular weight excluding hydrogens is 374 g/mol. The lowest BCUT2D eigenvalue weighted by Crippen LogP contribution is -2.52. The third kappa shape index (κ3) is 5.48. The largest absolute Gasteiger partial charge is 0.339 e. The summed E-state index contributed by atoms with van der Waals surface area (Å²) in [6.45, 7) is 7.52. The van der Waals surface area contributed by atoms with Crippen molar-refractivity contribution in [3.05, 3.63) is 35.9 Å². The molecule has 156 valence electrons. The first-order valence-corrected chi connectivity index (χ1v) is 10.5. The fourth-order valence-electron chi connectivity index (χ4n) is 4.45. The summed E-state index contributed by atoms with van der Waals surface area (Å²) < 4.78 is 0. The Balaban J connectivity index is 0.00000280. The Labute approximate surface area is 175 Å². The predicted octanol–water partition coefficient (Wildman–Crippen LogP) is 3.34. The third-order valence-corrected chi connectivity index (χ3v) is 5.93. The van der Waals surface area contributed by atoms with E-state index >= 15 is 0 Å². The van der Waals surface area contributed by atoms with Crippen LogP contribution in [-0.4, -0.2) is 59.9 Å². The first-order chi connectivity index (χ1) is 13.1. The number of halogens is 1. The maximum Gasteiger partial charge on any atom is 0.253 e. The molecule has 5 nitrogen and oxygen atoms in total. The fourth-order valence-corrected chi connectivity index (χ4v) is 4.45. The minimum absolute atomic E-state index is 0. The highest BCUT2D eigenvalue weighted by atomic mass is 35.5. The number of nitrogens with zero attached hydrogens (tertiary/aromatic N) is 2. The fraction of sp³-hybridized carbons (Fsp3) is 0.636. The lowest BCUT2D eigenvalue weighted by Gasteiger charge is -2.41. The van der Waals surface area contributed by atoms with E-state index in [2.05, 4.69) is 24.1 Å². The molecule has 0 bridgehead atoms. The van der Waals surface area contributed by atoms with Crippen LogP contribution in [0.4, 0.5) is 0 Å². The van der Waals surface area contributed by atoms with Crippen molar-refractivity contribution in [2.24, 2.45) is 5.92 Å². The summed E-state index contributed by atoms with van der Waals surface area (Å²) in [4.78, 5) is 29.9. The van der Waals surface area contributed by atoms with Gasteiger partial charge in [-0.05, 0) is 57.7 Å². The molecule has 28 heavy (non-hydrogen) atoms. The summed E-state index contributed by atoms with van der Waals surface area (Å²) in [6, 6.07) is 10.2. The number of carbonyl (C=O) groups excluding carboxylic acids is 2. The Hall–Kier alpha value is -1.59. The van der Waals surface area contributed by atoms with E-state index in [1.54, 1.807) is 0 Å². The van der Waals surface area contributed by atoms with Crippen LogP contribution in [0.1, 0.15) is 56.3 Å². The van der Waals surface area contributed by atoms with Crippen LogP contribution >= 0.6 is 12.4 Å². The number of rotatable bonds is 5. The van der Waals surface area contributed by atoms with Crippen LogP contribution in [0.5, 0.6) is 0 Å². The maximum absolute atomic E-state index is 13.2. The minimum atomic E-state index is 0. The van der Waals surface area contributed by atoms with Crippen LogP contribution in [0.15, 0.2) is 30.3 Å². The molecule has 0 radical (unpaired) electrons. The van der Waals surface area contributed by atoms with E-state index in [0.29, 0.717) is 11.9 Å². The van der Waals surface area contributed by atoms with Crippen LogP contribution in [0.2, 0.25) is 0 Å². The van der Waals surface area contributed by atoms with Gasteiger partial charge in [0.25, 0.3) is 5.91 Å². The van der Waals surface area contributed by atoms with Crippen LogP contribution < -0.4 is 5.32 Å². The van der Waals surface area contributed by atoms with E-state index in [-0.39, 0.29) is 30.3 Å². The van der Waals surface area contributed by atoms with E-state index in [4.69, 9.17) is 0 Å². The van der Waals surface area contributed by atoms with Gasteiger partial charge in [-0.25, -0.2) is 0 Å². The summed E-state index contributed by atoms with van der Waals surface area (Å²) in [5.74, 6) is 0.587. The van der Waals surface area contributed by atoms with Crippen LogP contribution in [-0.2, 0) is 4.79 Å². The zero-order valence-electron chi connectivity index (χ0n) is 17.1. The molecule has 2 heterocycles. The number of hydrogen-bond acceptors (Lipinski definition) is 3. The average Bonchev–Trinajstić information content (AvgIpc) is 2.72. The Morgan fingerprint density at radius 1 is 1.14 bits per heavy atom. The molecule has 2 amide bonds. The van der Waals surface area contributed by atoms with Crippen molar-refractivity contribution in [1.29, 1.82) is 0 Å². The third-order valence-electron chi connectivity index (χ3n) is 5.93. The van der Waals surface area contributed by atoms with Gasteiger partial charge < -0.3 is 15.1 Å². The number of nitrogens with one attached hydrogen (secondary N) is 1. The van der Waals surface area contributed by atoms with Gasteiger partial charge in [0.05, 0.1) is 0 Å². The minimum Gasteiger partial charge on any atom is -0.339 e. The molecule has 0 unspecified atom stereocenters. The second kappa shape index (κ2) is 10.8. The zero-order chi connectivity index (χ0) is 19.2. The van der Waals surface area contributed by atoms with Crippen LogP contribution in [0.3, 0.4) is 0 Å². The molecule has 2 fully saturated rings. The highest BCUT2D eigenvalue weighted by Gasteiger charge is 2.34. The van der Waals surface area contributed by atoms with Crippen molar-refractivity contribution in [2.75, 3.05) is 26.2 Å². The highest BCUT2D eigenvalue weighted by molar-refractivity contribution is 5.94. The van der Waals surface area contributed by atoms with Crippen LogP contribution in [0.25, 0.3) is 0 Å². The van der Waals surface area contributed by atoms with E-state index in [1.807, 2.05) is 35.2 Å². The first-order valence-electron chi connectivity index (χ1n) is 10.5. The van der Waals surface area contributed by atoms with Gasteiger partial charge >= 0.3 is 0 Å². The zero-order valence-corrected chi connectivity index (χ0v) is 17.9. The summed E-state index contributed by atoms with van der Waals surface area (Å²) >= 11 is 0. The normalized spacial score (nSPS) is 23.0. The highest BCUT2D eigenvalue weighted by Crippen LogP contribution is 2.24. The molecule has 2 aliphatic heterocycles. The SMILES string of the molecule is CCCN(C(=O)[C@H]1CCN[C@@H](C)C1)C1CCN(C(=O)c2ccccc2)CC1.Cl. The summed E-state index contributed by atoms with van der Waals surface area (Å²) in [5.41, 5.74) is 0.751. The Kier molecular flexibility index (Phi) is 8.77. The molecule has 1 aromatic carbocycles. The molecule has 2 saturated heterocycles. The molecule has 6 heteroatoms. The number of amides is 2. The van der Waals surface area contributed by atoms with Gasteiger partial charge in [-0.3, -0.25) is 9.59 Å². The second-order valence-corrected chi connectivity index (χ2v) is 8.00. The number of piperidine rings is 2. The molecule has 3 rings (SSSR count). The maximum atomic E-state index is 13.2. The second-order valence-electron chi connectivity index (χ2n) is 8.00. The van der Waals surface area contributed by atoms with Crippen molar-refractivity contribution in [1.82, 2.24) is 15.1 Å². The summed E-state index contributed by atoms with van der Waals surface area (Å²) in [7, 11) is 0. The number of hydrogen-bond donors (Lipinski definition) is 1. The summed E-state index contributed by atoms with van der Waals surface area (Å²) in [5, 5.41) is 3.44. The Morgan fingerprint density at radius 3 is 2.43 bits per heavy atom. The van der Waals surface area contributed by atoms with Crippen molar-refractivity contribution in [3.63, 3.8) is 0 Å². The number of carbonyl (C=O) groups is 2. The van der Waals surface area contributed by atoms with Gasteiger partial charge in [-0.15, -0.1) is 12.4 Å². The average molecular weight is 408 g/mol. The Morgan fingerprint density at radius 2 is 1.82 bits per heavy atom. The van der Waals surface area contributed by atoms with E-state index in [1.165, 1.54) is 0 Å². The molecule has 2 atom stereocenters. The standard InChI is InChI=1S/C22H33N3O2.ClH/c1-3-13-25(22(27)19-9-12-23-17(2)16-19)20-10-14-24(15-11-20)21(26)18-7-5-4-6-8-18;/h4-8,17,19-20,23H,3,9-16H2,1-2H3;1H/t17-,19-;/m0./s1. The molecule has 0 aliphatic carbocycles. The molecular formula is C22H34ClN3O2. The van der Waals surface area contributed by atoms with Crippen molar-refractivity contribution in [3.8, 4) is 0 Å². The van der Waals surface area contributed by atoms with Gasteiger partial charge in [0.1, 0.15) is 0 Å². The van der Waals surface area contributed by atoms with Gasteiger partial charge in [0.15, 0.2) is 0 Å². The van der Waals surface area contributed by atoms with E-state index < -0.39 is 0 Å². The molecule has 0 aromatic heterocycles. The van der Waals surface area contributed by atoms with Gasteiger partial charge in [0, 0.05) is 43.2 Å². The van der Waals surface area contributed by atoms with Gasteiger partial charge in [0.2, 0.25) is 5.91 Å². The smallest absolute Gasteiger partial charge is 0.253 e. The van der Waals surface area contributed by atoms with Gasteiger partial charge in [-0.1, -0.05) is 25.1 Å². The number of likely N-dealkylation sites (tertiary alicyclic amines) is 1. The molecule has 1 N–H and O–H groups in total. The van der Waals surface area contributed by atoms with Gasteiger partial charge in [-0.2, -0.15) is 0 Å². The summed E-state index contributed by atoms with van der Waals surface area (Å²) in [6.07, 6.45) is 4.62. The lowest BCUT2D eigenvalue weighted by molar-refractivity contribution is -0.140. The van der Waals surface area contributed by atoms with Crippen molar-refractivity contribution in [2.45, 2.75) is 58.0 Å². The van der Waals surface area contributed by atoms with Crippen molar-refractivity contribution < 1.29 is 9.59 Å². The molecule has 0 spiro atoms. The van der Waals surface area contributed by atoms with E-state index in [0.717, 1.165) is 63.8 Å². The number of benzene rings is 1. The quantitative estimate of drug-likeness (QED) is 0.814. The van der Waals surface area contributed by atoms with E-state index in [9.17, 15) is 9.59 Å². The first kappa shape index (κ1) is 22.7. The topological polar surface area (TPSA) is 52.7 Å². The van der Waals surface area contributed by atoms with Crippen LogP contribution in [0, 0.1) is 5.92 Å². The molecule has 0 saturated carbocycles.